The van der Waals surface area contributed by atoms with E-state index in [1.54, 1.807) is 13.8 Å². The lowest BCUT2D eigenvalue weighted by molar-refractivity contribution is -0.385. The molecule has 0 saturated carbocycles. The number of carbonyl (C=O) groups excluding carboxylic acids is 1. The van der Waals surface area contributed by atoms with E-state index in [9.17, 15) is 20.0 Å². The van der Waals surface area contributed by atoms with Crippen molar-refractivity contribution in [1.82, 2.24) is 0 Å². The zero-order chi connectivity index (χ0) is 16.4. The standard InChI is InChI=1S/C14H15NO7/c1-4-20-12-9(15(18)19)6-8-7(3)10(14(16)17)22-11(8)13(12)21-5-2/h6H,4-5H2,1-3H3,(H,16,17)/p-1. The van der Waals surface area contributed by atoms with Crippen LogP contribution in [0, 0.1) is 17.0 Å². The second-order valence-corrected chi connectivity index (χ2v) is 4.40. The Kier molecular flexibility index (Phi) is 4.20. The molecule has 1 aromatic carbocycles. The number of fused-ring (bicyclic) bond motifs is 1. The Morgan fingerprint density at radius 2 is 1.86 bits per heavy atom. The van der Waals surface area contributed by atoms with Crippen LogP contribution in [-0.2, 0) is 0 Å². The smallest absolute Gasteiger partial charge is 0.315 e. The number of ether oxygens (including phenoxy) is 2. The first kappa shape index (κ1) is 15.6. The number of benzene rings is 1. The third kappa shape index (κ3) is 2.43. The molecular formula is C14H14NO7-. The number of rotatable bonds is 6. The Morgan fingerprint density at radius 1 is 1.27 bits per heavy atom. The van der Waals surface area contributed by atoms with E-state index in [4.69, 9.17) is 13.9 Å². The second kappa shape index (κ2) is 5.92. The second-order valence-electron chi connectivity index (χ2n) is 4.40. The number of aryl methyl sites for hydroxylation is 1. The first-order valence-corrected chi connectivity index (χ1v) is 6.63. The first-order valence-electron chi connectivity index (χ1n) is 6.63. The minimum absolute atomic E-state index is 0.0177. The number of hydrogen-bond donors (Lipinski definition) is 0. The van der Waals surface area contributed by atoms with Crippen LogP contribution in [0.25, 0.3) is 11.0 Å². The fourth-order valence-electron chi connectivity index (χ4n) is 2.18. The predicted octanol–water partition coefficient (Wildman–Crippen LogP) is 1.81. The normalized spacial score (nSPS) is 10.7. The van der Waals surface area contributed by atoms with Crippen molar-refractivity contribution in [1.29, 1.82) is 0 Å². The summed E-state index contributed by atoms with van der Waals surface area (Å²) in [5.41, 5.74) is 0.0151. The van der Waals surface area contributed by atoms with Crippen molar-refractivity contribution >= 4 is 22.6 Å². The molecular weight excluding hydrogens is 294 g/mol. The minimum atomic E-state index is -1.50. The number of carboxylic acid groups (broad SMARTS) is 1. The van der Waals surface area contributed by atoms with Crippen LogP contribution in [0.3, 0.4) is 0 Å². The molecule has 0 amide bonds. The number of nitrogens with zero attached hydrogens (tertiary/aromatic N) is 1. The van der Waals surface area contributed by atoms with Crippen LogP contribution in [0.5, 0.6) is 11.5 Å². The molecule has 2 aromatic rings. The van der Waals surface area contributed by atoms with Crippen molar-refractivity contribution in [3.8, 4) is 11.5 Å². The Hall–Kier alpha value is -2.77. The Labute approximate surface area is 125 Å². The molecule has 0 atom stereocenters. The maximum Gasteiger partial charge on any atom is 0.315 e. The van der Waals surface area contributed by atoms with Crippen molar-refractivity contribution < 1.29 is 28.7 Å². The maximum absolute atomic E-state index is 11.3. The monoisotopic (exact) mass is 308 g/mol. The van der Waals surface area contributed by atoms with Crippen molar-refractivity contribution in [3.05, 3.63) is 27.5 Å². The molecule has 0 spiro atoms. The van der Waals surface area contributed by atoms with Crippen LogP contribution in [0.4, 0.5) is 5.69 Å². The molecule has 1 aromatic heterocycles. The fourth-order valence-corrected chi connectivity index (χ4v) is 2.18. The maximum atomic E-state index is 11.3. The number of carbonyl (C=O) groups is 1. The van der Waals surface area contributed by atoms with Crippen molar-refractivity contribution in [2.45, 2.75) is 20.8 Å². The van der Waals surface area contributed by atoms with Gasteiger partial charge in [0.05, 0.1) is 18.1 Å². The van der Waals surface area contributed by atoms with Gasteiger partial charge in [-0.1, -0.05) is 0 Å². The van der Waals surface area contributed by atoms with E-state index in [2.05, 4.69) is 0 Å². The van der Waals surface area contributed by atoms with Crippen LogP contribution >= 0.6 is 0 Å². The van der Waals surface area contributed by atoms with Crippen LogP contribution in [-0.4, -0.2) is 24.1 Å². The van der Waals surface area contributed by atoms with Gasteiger partial charge in [0.1, 0.15) is 5.97 Å². The van der Waals surface area contributed by atoms with Crippen LogP contribution in [0.15, 0.2) is 10.5 Å². The molecule has 0 radical (unpaired) electrons. The largest absolute Gasteiger partial charge is 0.542 e. The van der Waals surface area contributed by atoms with Crippen LogP contribution < -0.4 is 14.6 Å². The summed E-state index contributed by atoms with van der Waals surface area (Å²) in [4.78, 5) is 21.7. The summed E-state index contributed by atoms with van der Waals surface area (Å²) >= 11 is 0. The molecule has 22 heavy (non-hydrogen) atoms. The highest BCUT2D eigenvalue weighted by Gasteiger charge is 2.28. The number of furan rings is 1. The van der Waals surface area contributed by atoms with E-state index >= 15 is 0 Å². The fraction of sp³-hybridized carbons (Fsp3) is 0.357. The van der Waals surface area contributed by atoms with Gasteiger partial charge in [-0.15, -0.1) is 0 Å². The molecule has 8 heteroatoms. The molecule has 0 saturated heterocycles. The van der Waals surface area contributed by atoms with Gasteiger partial charge in [0, 0.05) is 17.0 Å². The highest BCUT2D eigenvalue weighted by Crippen LogP contribution is 2.45. The van der Waals surface area contributed by atoms with Gasteiger partial charge in [-0.05, 0) is 20.8 Å². The third-order valence-corrected chi connectivity index (χ3v) is 3.08. The van der Waals surface area contributed by atoms with Crippen molar-refractivity contribution in [2.24, 2.45) is 0 Å². The summed E-state index contributed by atoms with van der Waals surface area (Å²) in [5, 5.41) is 22.6. The van der Waals surface area contributed by atoms with E-state index in [0.29, 0.717) is 0 Å². The van der Waals surface area contributed by atoms with Gasteiger partial charge in [-0.25, -0.2) is 0 Å². The number of hydrogen-bond acceptors (Lipinski definition) is 7. The Balaban J connectivity index is 2.89. The van der Waals surface area contributed by atoms with Gasteiger partial charge >= 0.3 is 5.69 Å². The van der Waals surface area contributed by atoms with Gasteiger partial charge < -0.3 is 23.8 Å². The summed E-state index contributed by atoms with van der Waals surface area (Å²) < 4.78 is 16.0. The Morgan fingerprint density at radius 3 is 2.36 bits per heavy atom. The number of nitro benzene ring substituents is 1. The van der Waals surface area contributed by atoms with Gasteiger partial charge in [0.15, 0.2) is 11.3 Å². The molecule has 0 aliphatic heterocycles. The third-order valence-electron chi connectivity index (χ3n) is 3.08. The SMILES string of the molecule is CCOc1c([N+](=O)[O-])cc2c(C)c(C(=O)[O-])oc2c1OCC. The minimum Gasteiger partial charge on any atom is -0.542 e. The van der Waals surface area contributed by atoms with Gasteiger partial charge in [-0.2, -0.15) is 0 Å². The molecule has 0 N–H and O–H groups in total. The summed E-state index contributed by atoms with van der Waals surface area (Å²) in [6, 6.07) is 1.22. The van der Waals surface area contributed by atoms with E-state index in [0.717, 1.165) is 0 Å². The number of aromatic carboxylic acids is 1. The quantitative estimate of drug-likeness (QED) is 0.590. The lowest BCUT2D eigenvalue weighted by Gasteiger charge is -2.11. The molecule has 0 aliphatic carbocycles. The topological polar surface area (TPSA) is 115 Å². The van der Waals surface area contributed by atoms with E-state index in [1.165, 1.54) is 13.0 Å². The molecule has 0 aliphatic rings. The summed E-state index contributed by atoms with van der Waals surface area (Å²) in [7, 11) is 0. The van der Waals surface area contributed by atoms with E-state index < -0.39 is 10.9 Å². The lowest BCUT2D eigenvalue weighted by Crippen LogP contribution is -2.22. The molecule has 118 valence electrons. The highest BCUT2D eigenvalue weighted by atomic mass is 16.6. The van der Waals surface area contributed by atoms with Gasteiger partial charge in [0.2, 0.25) is 11.5 Å². The van der Waals surface area contributed by atoms with E-state index in [-0.39, 0.29) is 52.7 Å². The molecule has 0 fully saturated rings. The summed E-state index contributed by atoms with van der Waals surface area (Å²) in [5.74, 6) is -1.96. The van der Waals surface area contributed by atoms with Crippen molar-refractivity contribution in [3.63, 3.8) is 0 Å². The average molecular weight is 308 g/mol. The predicted molar refractivity (Wildman–Crippen MR) is 74.3 cm³/mol. The summed E-state index contributed by atoms with van der Waals surface area (Å²) in [6.07, 6.45) is 0. The number of nitro groups is 1. The van der Waals surface area contributed by atoms with Gasteiger partial charge in [-0.3, -0.25) is 10.1 Å². The van der Waals surface area contributed by atoms with Crippen molar-refractivity contribution in [2.75, 3.05) is 13.2 Å². The molecule has 2 rings (SSSR count). The molecule has 0 unspecified atom stereocenters. The Bertz CT molecular complexity index is 747. The highest BCUT2D eigenvalue weighted by molar-refractivity contribution is 5.98. The van der Waals surface area contributed by atoms with Crippen LogP contribution in [0.1, 0.15) is 30.0 Å². The summed E-state index contributed by atoms with van der Waals surface area (Å²) in [6.45, 7) is 5.23. The van der Waals surface area contributed by atoms with E-state index in [1.807, 2.05) is 0 Å². The van der Waals surface area contributed by atoms with Gasteiger partial charge in [0.25, 0.3) is 0 Å². The molecule has 0 bridgehead atoms. The first-order chi connectivity index (χ1) is 10.4. The molecule has 1 heterocycles. The van der Waals surface area contributed by atoms with Crippen LogP contribution in [0.2, 0.25) is 0 Å². The molecule has 8 nitrogen and oxygen atoms in total. The average Bonchev–Trinajstić information content (AvgIpc) is 2.78. The zero-order valence-electron chi connectivity index (χ0n) is 12.3. The zero-order valence-corrected chi connectivity index (χ0v) is 12.3. The number of carboxylic acids is 1. The lowest BCUT2D eigenvalue weighted by atomic mass is 10.1.